The van der Waals surface area contributed by atoms with E-state index in [0.29, 0.717) is 15.1 Å². The van der Waals surface area contributed by atoms with Crippen LogP contribution in [0.2, 0.25) is 5.02 Å². The molecule has 3 heterocycles. The van der Waals surface area contributed by atoms with Gasteiger partial charge in [0.25, 0.3) is 0 Å². The van der Waals surface area contributed by atoms with Crippen molar-refractivity contribution in [3.63, 3.8) is 0 Å². The summed E-state index contributed by atoms with van der Waals surface area (Å²) >= 11 is 9.59. The van der Waals surface area contributed by atoms with Crippen LogP contribution in [0.25, 0.3) is 32.9 Å². The molecule has 1 aromatic carbocycles. The van der Waals surface area contributed by atoms with E-state index < -0.39 is 5.95 Å². The van der Waals surface area contributed by atoms with Crippen LogP contribution in [0.1, 0.15) is 5.69 Å². The highest BCUT2D eigenvalue weighted by Crippen LogP contribution is 2.39. The average molecular weight is 391 g/mol. The molecule has 0 spiro atoms. The van der Waals surface area contributed by atoms with Gasteiger partial charge in [0.2, 0.25) is 5.95 Å². The predicted molar refractivity (Wildman–Crippen MR) is 94.2 cm³/mol. The van der Waals surface area contributed by atoms with E-state index in [1.54, 1.807) is 12.3 Å². The number of pyridine rings is 2. The smallest absolute Gasteiger partial charge is 0.227 e. The molecule has 0 fully saturated rings. The van der Waals surface area contributed by atoms with Crippen molar-refractivity contribution in [2.45, 2.75) is 6.92 Å². The lowest BCUT2D eigenvalue weighted by atomic mass is 10.0. The first-order valence-electron chi connectivity index (χ1n) is 6.93. The number of benzene rings is 1. The molecule has 0 aliphatic rings. The minimum absolute atomic E-state index is 0.317. The lowest BCUT2D eigenvalue weighted by Gasteiger charge is -2.07. The average Bonchev–Trinajstić information content (AvgIpc) is 2.90. The Labute approximate surface area is 144 Å². The van der Waals surface area contributed by atoms with Crippen molar-refractivity contribution in [3.8, 4) is 11.1 Å². The van der Waals surface area contributed by atoms with Crippen molar-refractivity contribution in [2.24, 2.45) is 0 Å². The maximum Gasteiger partial charge on any atom is 0.227 e. The maximum absolute atomic E-state index is 13.8. The second-order valence-corrected chi connectivity index (χ2v) is 6.51. The largest absolute Gasteiger partial charge is 0.353 e. The molecule has 6 heteroatoms. The van der Waals surface area contributed by atoms with Gasteiger partial charge in [0.1, 0.15) is 0 Å². The highest BCUT2D eigenvalue weighted by Gasteiger charge is 2.16. The first-order valence-corrected chi connectivity index (χ1v) is 8.10. The fourth-order valence-electron chi connectivity index (χ4n) is 2.87. The van der Waals surface area contributed by atoms with Crippen molar-refractivity contribution >= 4 is 49.3 Å². The fourth-order valence-corrected chi connectivity index (χ4v) is 3.53. The van der Waals surface area contributed by atoms with Crippen LogP contribution in [0.15, 0.2) is 41.1 Å². The number of fused-ring (bicyclic) bond motifs is 3. The number of aromatic amines is 1. The SMILES string of the molecule is Cc1nccc2c1[nH]c1c(-c3ccnc(F)c3Br)cc(Cl)cc12. The summed E-state index contributed by atoms with van der Waals surface area (Å²) in [5.74, 6) is -0.551. The van der Waals surface area contributed by atoms with Crippen LogP contribution < -0.4 is 0 Å². The third-order valence-corrected chi connectivity index (χ3v) is 4.89. The topological polar surface area (TPSA) is 41.6 Å². The second kappa shape index (κ2) is 5.28. The highest BCUT2D eigenvalue weighted by molar-refractivity contribution is 9.10. The number of aryl methyl sites for hydroxylation is 1. The van der Waals surface area contributed by atoms with Gasteiger partial charge in [-0.2, -0.15) is 4.39 Å². The Bertz CT molecular complexity index is 1070. The van der Waals surface area contributed by atoms with Crippen LogP contribution in [0.4, 0.5) is 4.39 Å². The molecule has 0 saturated heterocycles. The van der Waals surface area contributed by atoms with Gasteiger partial charge in [-0.15, -0.1) is 0 Å². The number of aromatic nitrogens is 3. The lowest BCUT2D eigenvalue weighted by Crippen LogP contribution is -1.89. The number of rotatable bonds is 1. The Morgan fingerprint density at radius 3 is 2.65 bits per heavy atom. The van der Waals surface area contributed by atoms with Gasteiger partial charge in [-0.05, 0) is 47.1 Å². The van der Waals surface area contributed by atoms with E-state index in [9.17, 15) is 4.39 Å². The first kappa shape index (κ1) is 14.6. The van der Waals surface area contributed by atoms with Gasteiger partial charge in [0.05, 0.1) is 21.2 Å². The summed E-state index contributed by atoms with van der Waals surface area (Å²) in [4.78, 5) is 11.4. The molecule has 3 nitrogen and oxygen atoms in total. The normalized spacial score (nSPS) is 11.5. The van der Waals surface area contributed by atoms with Gasteiger partial charge in [0, 0.05) is 39.3 Å². The molecule has 0 atom stereocenters. The van der Waals surface area contributed by atoms with E-state index in [-0.39, 0.29) is 0 Å². The van der Waals surface area contributed by atoms with Crippen molar-refractivity contribution in [1.82, 2.24) is 15.0 Å². The minimum atomic E-state index is -0.551. The molecule has 0 aliphatic heterocycles. The molecule has 4 rings (SSSR count). The predicted octanol–water partition coefficient (Wildman–Crippen LogP) is 5.64. The number of halogens is 3. The molecular weight excluding hydrogens is 381 g/mol. The molecule has 0 radical (unpaired) electrons. The molecule has 0 saturated carbocycles. The summed E-state index contributed by atoms with van der Waals surface area (Å²) in [5, 5.41) is 2.62. The monoisotopic (exact) mass is 389 g/mol. The third kappa shape index (κ3) is 2.23. The lowest BCUT2D eigenvalue weighted by molar-refractivity contribution is 0.577. The maximum atomic E-state index is 13.8. The number of H-pyrrole nitrogens is 1. The number of hydrogen-bond donors (Lipinski definition) is 1. The molecule has 0 aliphatic carbocycles. The Hall–Kier alpha value is -1.98. The summed E-state index contributed by atoms with van der Waals surface area (Å²) in [6.45, 7) is 1.95. The Kier molecular flexibility index (Phi) is 3.36. The highest BCUT2D eigenvalue weighted by atomic mass is 79.9. The van der Waals surface area contributed by atoms with Crippen molar-refractivity contribution in [2.75, 3.05) is 0 Å². The molecule has 114 valence electrons. The van der Waals surface area contributed by atoms with Crippen LogP contribution in [-0.2, 0) is 0 Å². The van der Waals surface area contributed by atoms with E-state index in [4.69, 9.17) is 11.6 Å². The van der Waals surface area contributed by atoms with Crippen LogP contribution in [-0.4, -0.2) is 15.0 Å². The standard InChI is InChI=1S/C17H10BrClFN3/c1-8-15-11(3-4-21-8)13-7-9(19)6-12(16(13)23-15)10-2-5-22-17(20)14(10)18/h2-7,23H,1H3. The van der Waals surface area contributed by atoms with Crippen LogP contribution in [0, 0.1) is 12.9 Å². The molecule has 0 amide bonds. The van der Waals surface area contributed by atoms with Gasteiger partial charge in [-0.3, -0.25) is 4.98 Å². The van der Waals surface area contributed by atoms with E-state index in [0.717, 1.165) is 33.1 Å². The van der Waals surface area contributed by atoms with Gasteiger partial charge in [0.15, 0.2) is 0 Å². The summed E-state index contributed by atoms with van der Waals surface area (Å²) in [5.41, 5.74) is 4.27. The molecule has 4 aromatic rings. The van der Waals surface area contributed by atoms with Crippen LogP contribution >= 0.6 is 27.5 Å². The number of nitrogens with zero attached hydrogens (tertiary/aromatic N) is 2. The third-order valence-electron chi connectivity index (χ3n) is 3.92. The zero-order chi connectivity index (χ0) is 16.1. The quantitative estimate of drug-likeness (QED) is 0.427. The van der Waals surface area contributed by atoms with Gasteiger partial charge in [-0.1, -0.05) is 11.6 Å². The summed E-state index contributed by atoms with van der Waals surface area (Å²) < 4.78 is 14.1. The summed E-state index contributed by atoms with van der Waals surface area (Å²) in [7, 11) is 0. The molecular formula is C17H10BrClFN3. The van der Waals surface area contributed by atoms with Crippen LogP contribution in [0.5, 0.6) is 0 Å². The van der Waals surface area contributed by atoms with Crippen molar-refractivity contribution < 1.29 is 4.39 Å². The summed E-state index contributed by atoms with van der Waals surface area (Å²) in [6.07, 6.45) is 3.21. The number of nitrogens with one attached hydrogen (secondary N) is 1. The molecule has 23 heavy (non-hydrogen) atoms. The zero-order valence-corrected chi connectivity index (χ0v) is 14.3. The van der Waals surface area contributed by atoms with Crippen molar-refractivity contribution in [1.29, 1.82) is 0 Å². The van der Waals surface area contributed by atoms with Gasteiger partial charge in [-0.25, -0.2) is 4.98 Å². The Morgan fingerprint density at radius 1 is 1.04 bits per heavy atom. The van der Waals surface area contributed by atoms with E-state index in [1.807, 2.05) is 25.1 Å². The van der Waals surface area contributed by atoms with Gasteiger partial charge < -0.3 is 4.98 Å². The minimum Gasteiger partial charge on any atom is -0.353 e. The van der Waals surface area contributed by atoms with E-state index in [1.165, 1.54) is 6.20 Å². The number of hydrogen-bond acceptors (Lipinski definition) is 2. The second-order valence-electron chi connectivity index (χ2n) is 5.28. The van der Waals surface area contributed by atoms with Crippen LogP contribution in [0.3, 0.4) is 0 Å². The zero-order valence-electron chi connectivity index (χ0n) is 12.0. The van der Waals surface area contributed by atoms with Gasteiger partial charge >= 0.3 is 0 Å². The first-order chi connectivity index (χ1) is 11.1. The Morgan fingerprint density at radius 2 is 1.83 bits per heavy atom. The Balaban J connectivity index is 2.17. The molecule has 0 bridgehead atoms. The molecule has 3 aromatic heterocycles. The fraction of sp³-hybridized carbons (Fsp3) is 0.0588. The molecule has 0 unspecified atom stereocenters. The van der Waals surface area contributed by atoms with E-state index >= 15 is 0 Å². The van der Waals surface area contributed by atoms with Crippen molar-refractivity contribution in [3.05, 3.63) is 57.8 Å². The summed E-state index contributed by atoms with van der Waals surface area (Å²) in [6, 6.07) is 7.43. The van der Waals surface area contributed by atoms with E-state index in [2.05, 4.69) is 30.9 Å². The molecule has 1 N–H and O–H groups in total.